The van der Waals surface area contributed by atoms with Gasteiger partial charge in [-0.25, -0.2) is 19.9 Å². The molecule has 1 N–H and O–H groups in total. The van der Waals surface area contributed by atoms with Gasteiger partial charge in [-0.1, -0.05) is 11.6 Å². The molecule has 1 saturated carbocycles. The summed E-state index contributed by atoms with van der Waals surface area (Å²) in [4.78, 5) is 21.1. The minimum absolute atomic E-state index is 0.127. The maximum Gasteiger partial charge on any atom is 0.225 e. The first-order chi connectivity index (χ1) is 13.6. The summed E-state index contributed by atoms with van der Waals surface area (Å²) >= 11 is 5.88. The van der Waals surface area contributed by atoms with Gasteiger partial charge in [-0.3, -0.25) is 4.21 Å². The van der Waals surface area contributed by atoms with Crippen LogP contribution in [0.1, 0.15) is 43.1 Å². The number of rotatable bonds is 3. The number of nitrogens with zero attached hydrogens (tertiary/aromatic N) is 5. The lowest BCUT2D eigenvalue weighted by atomic mass is 9.60. The largest absolute Gasteiger partial charge is 0.396 e. The van der Waals surface area contributed by atoms with Gasteiger partial charge in [0.05, 0.1) is 26.4 Å². The van der Waals surface area contributed by atoms with E-state index >= 15 is 0 Å². The standard InChI is InChI=1S/C19H22ClN5O2S/c20-14-7-21-17(22-8-14)12-2-5-25(6-3-12)18-23-9-15-16(24-18)19(11-28(15)27)4-1-13(19)10-26/h7-9,12-13,26H,1-6,10-11H2. The fraction of sp³-hybridized carbons (Fsp3) is 0.579. The Morgan fingerprint density at radius 2 is 1.93 bits per heavy atom. The predicted molar refractivity (Wildman–Crippen MR) is 106 cm³/mol. The topological polar surface area (TPSA) is 92.1 Å². The summed E-state index contributed by atoms with van der Waals surface area (Å²) in [6.07, 6.45) is 8.81. The Kier molecular flexibility index (Phi) is 4.60. The highest BCUT2D eigenvalue weighted by molar-refractivity contribution is 7.85. The van der Waals surface area contributed by atoms with E-state index in [1.165, 1.54) is 0 Å². The molecular formula is C19H22ClN5O2S. The van der Waals surface area contributed by atoms with E-state index in [0.29, 0.717) is 22.6 Å². The number of aliphatic hydroxyl groups is 1. The van der Waals surface area contributed by atoms with Gasteiger partial charge in [-0.2, -0.15) is 0 Å². The molecule has 1 saturated heterocycles. The van der Waals surface area contributed by atoms with Crippen molar-refractivity contribution in [3.05, 3.63) is 35.1 Å². The Morgan fingerprint density at radius 1 is 1.18 bits per heavy atom. The number of anilines is 1. The van der Waals surface area contributed by atoms with Crippen LogP contribution in [0.5, 0.6) is 0 Å². The van der Waals surface area contributed by atoms with Crippen molar-refractivity contribution in [2.24, 2.45) is 5.92 Å². The van der Waals surface area contributed by atoms with Crippen molar-refractivity contribution >= 4 is 28.3 Å². The predicted octanol–water partition coefficient (Wildman–Crippen LogP) is 2.07. The minimum Gasteiger partial charge on any atom is -0.396 e. The van der Waals surface area contributed by atoms with Crippen LogP contribution in [0.4, 0.5) is 5.95 Å². The fourth-order valence-corrected chi connectivity index (χ4v) is 6.63. The van der Waals surface area contributed by atoms with Crippen LogP contribution in [-0.4, -0.2) is 54.7 Å². The maximum absolute atomic E-state index is 12.6. The van der Waals surface area contributed by atoms with E-state index in [2.05, 4.69) is 19.9 Å². The number of piperidine rings is 1. The monoisotopic (exact) mass is 419 g/mol. The van der Waals surface area contributed by atoms with Crippen LogP contribution in [0.3, 0.4) is 0 Å². The van der Waals surface area contributed by atoms with Gasteiger partial charge < -0.3 is 10.0 Å². The number of fused-ring (bicyclic) bond motifs is 2. The summed E-state index contributed by atoms with van der Waals surface area (Å²) in [5, 5.41) is 10.3. The summed E-state index contributed by atoms with van der Waals surface area (Å²) in [6.45, 7) is 1.78. The van der Waals surface area contributed by atoms with Crippen LogP contribution in [0.2, 0.25) is 5.02 Å². The highest BCUT2D eigenvalue weighted by Crippen LogP contribution is 2.54. The first-order valence-electron chi connectivity index (χ1n) is 9.70. The quantitative estimate of drug-likeness (QED) is 0.813. The van der Waals surface area contributed by atoms with Crippen LogP contribution >= 0.6 is 11.6 Å². The molecule has 148 valence electrons. The van der Waals surface area contributed by atoms with E-state index in [0.717, 1.165) is 55.2 Å². The van der Waals surface area contributed by atoms with Gasteiger partial charge in [0, 0.05) is 55.4 Å². The number of hydrogen-bond donors (Lipinski definition) is 1. The average Bonchev–Trinajstić information content (AvgIpc) is 3.02. The molecule has 3 unspecified atom stereocenters. The fourth-order valence-electron chi connectivity index (χ4n) is 4.75. The zero-order valence-electron chi connectivity index (χ0n) is 15.4. The summed E-state index contributed by atoms with van der Waals surface area (Å²) in [5.74, 6) is 2.59. The van der Waals surface area contributed by atoms with Crippen LogP contribution in [0.25, 0.3) is 0 Å². The van der Waals surface area contributed by atoms with Gasteiger partial charge in [-0.05, 0) is 31.6 Å². The molecule has 3 aliphatic rings. The van der Waals surface area contributed by atoms with Crippen molar-refractivity contribution in [3.63, 3.8) is 0 Å². The Balaban J connectivity index is 1.35. The summed E-state index contributed by atoms with van der Waals surface area (Å²) in [7, 11) is -1.07. The highest BCUT2D eigenvalue weighted by Gasteiger charge is 2.55. The molecule has 7 nitrogen and oxygen atoms in total. The molecule has 0 radical (unpaired) electrons. The molecule has 9 heteroatoms. The average molecular weight is 420 g/mol. The first-order valence-corrected chi connectivity index (χ1v) is 11.4. The third-order valence-corrected chi connectivity index (χ3v) is 8.33. The molecular weight excluding hydrogens is 398 g/mol. The lowest BCUT2D eigenvalue weighted by molar-refractivity contribution is 0.0696. The van der Waals surface area contributed by atoms with Crippen molar-refractivity contribution in [3.8, 4) is 0 Å². The van der Waals surface area contributed by atoms with Crippen LogP contribution in [0, 0.1) is 5.92 Å². The van der Waals surface area contributed by atoms with Gasteiger partial charge in [-0.15, -0.1) is 0 Å². The van der Waals surface area contributed by atoms with Crippen LogP contribution in [-0.2, 0) is 16.2 Å². The van der Waals surface area contributed by atoms with E-state index in [1.807, 2.05) is 0 Å². The second-order valence-corrected chi connectivity index (χ2v) is 9.82. The molecule has 3 atom stereocenters. The van der Waals surface area contributed by atoms with Gasteiger partial charge in [0.1, 0.15) is 5.82 Å². The molecule has 2 aromatic heterocycles. The van der Waals surface area contributed by atoms with E-state index in [-0.39, 0.29) is 17.9 Å². The minimum atomic E-state index is -1.07. The highest BCUT2D eigenvalue weighted by atomic mass is 35.5. The van der Waals surface area contributed by atoms with E-state index < -0.39 is 10.8 Å². The second kappa shape index (κ2) is 7.00. The molecule has 1 aliphatic carbocycles. The third-order valence-electron chi connectivity index (χ3n) is 6.57. The summed E-state index contributed by atoms with van der Waals surface area (Å²) < 4.78 is 12.6. The molecule has 0 amide bonds. The molecule has 2 aliphatic heterocycles. The van der Waals surface area contributed by atoms with Gasteiger partial charge in [0.2, 0.25) is 5.95 Å². The van der Waals surface area contributed by atoms with E-state index in [4.69, 9.17) is 16.6 Å². The molecule has 28 heavy (non-hydrogen) atoms. The second-order valence-electron chi connectivity index (χ2n) is 7.97. The molecule has 0 aromatic carbocycles. The van der Waals surface area contributed by atoms with Crippen molar-refractivity contribution in [1.29, 1.82) is 0 Å². The SMILES string of the molecule is O=S1CC2(CCC2CO)c2nc(N3CCC(c4ncc(Cl)cn4)CC3)ncc21. The molecule has 5 rings (SSSR count). The normalized spacial score (nSPS) is 29.7. The number of aromatic nitrogens is 4. The molecule has 2 aromatic rings. The summed E-state index contributed by atoms with van der Waals surface area (Å²) in [5.41, 5.74) is 0.687. The Bertz CT molecular complexity index is 917. The molecule has 4 heterocycles. The zero-order valence-corrected chi connectivity index (χ0v) is 17.0. The molecule has 1 spiro atoms. The zero-order chi connectivity index (χ0) is 19.3. The lowest BCUT2D eigenvalue weighted by Crippen LogP contribution is -2.48. The van der Waals surface area contributed by atoms with Crippen LogP contribution in [0.15, 0.2) is 23.5 Å². The van der Waals surface area contributed by atoms with Gasteiger partial charge >= 0.3 is 0 Å². The van der Waals surface area contributed by atoms with Gasteiger partial charge in [0.15, 0.2) is 0 Å². The van der Waals surface area contributed by atoms with Crippen molar-refractivity contribution in [2.75, 3.05) is 30.3 Å². The third kappa shape index (κ3) is 2.84. The van der Waals surface area contributed by atoms with Crippen molar-refractivity contribution < 1.29 is 9.32 Å². The number of halogens is 1. The van der Waals surface area contributed by atoms with Gasteiger partial charge in [0.25, 0.3) is 0 Å². The summed E-state index contributed by atoms with van der Waals surface area (Å²) in [6, 6.07) is 0. The van der Waals surface area contributed by atoms with Crippen molar-refractivity contribution in [2.45, 2.75) is 41.9 Å². The van der Waals surface area contributed by atoms with E-state index in [1.54, 1.807) is 18.6 Å². The Labute approximate surface area is 171 Å². The Hall–Kier alpha value is -1.64. The maximum atomic E-state index is 12.6. The number of aliphatic hydroxyl groups excluding tert-OH is 1. The number of hydrogen-bond acceptors (Lipinski definition) is 7. The first kappa shape index (κ1) is 18.4. The molecule has 0 bridgehead atoms. The van der Waals surface area contributed by atoms with Crippen LogP contribution < -0.4 is 4.90 Å². The Morgan fingerprint density at radius 3 is 2.57 bits per heavy atom. The smallest absolute Gasteiger partial charge is 0.225 e. The van der Waals surface area contributed by atoms with Crippen molar-refractivity contribution in [1.82, 2.24) is 19.9 Å². The lowest BCUT2D eigenvalue weighted by Gasteiger charge is -2.45. The molecule has 2 fully saturated rings. The van der Waals surface area contributed by atoms with E-state index in [9.17, 15) is 9.32 Å².